The summed E-state index contributed by atoms with van der Waals surface area (Å²) in [5.74, 6) is 2.09. The van der Waals surface area contributed by atoms with Gasteiger partial charge in [0, 0.05) is 6.42 Å². The average molecular weight is 224 g/mol. The first-order valence-electron chi connectivity index (χ1n) is 6.89. The molecule has 1 rings (SSSR count). The zero-order chi connectivity index (χ0) is 12.0. The molecule has 0 bridgehead atoms. The average Bonchev–Trinajstić information content (AvgIpc) is 2.58. The molecule has 0 saturated carbocycles. The Hall–Kier alpha value is -0.460. The van der Waals surface area contributed by atoms with Crippen LogP contribution in [-0.4, -0.2) is 5.60 Å². The maximum atomic E-state index is 5.92. The molecule has 0 spiro atoms. The van der Waals surface area contributed by atoms with E-state index in [2.05, 4.69) is 33.8 Å². The minimum atomic E-state index is -0.0249. The van der Waals surface area contributed by atoms with Crippen molar-refractivity contribution in [1.29, 1.82) is 0 Å². The second-order valence-corrected chi connectivity index (χ2v) is 6.04. The van der Waals surface area contributed by atoms with Gasteiger partial charge in [-0.25, -0.2) is 0 Å². The van der Waals surface area contributed by atoms with E-state index in [1.54, 1.807) is 0 Å². The van der Waals surface area contributed by atoms with E-state index in [0.29, 0.717) is 0 Å². The van der Waals surface area contributed by atoms with E-state index >= 15 is 0 Å². The molecule has 1 nitrogen and oxygen atoms in total. The molecular weight excluding hydrogens is 196 g/mol. The number of rotatable bonds is 6. The number of ether oxygens (including phenoxy) is 1. The first-order chi connectivity index (χ1) is 7.51. The first-order valence-corrected chi connectivity index (χ1v) is 6.89. The maximum absolute atomic E-state index is 5.92. The minimum absolute atomic E-state index is 0.0249. The van der Waals surface area contributed by atoms with Crippen molar-refractivity contribution in [2.24, 2.45) is 5.92 Å². The predicted octanol–water partition coefficient (Wildman–Crippen LogP) is 5.07. The summed E-state index contributed by atoms with van der Waals surface area (Å²) in [5.41, 5.74) is -0.0249. The number of allylic oxidation sites excluding steroid dienone is 2. The highest BCUT2D eigenvalue weighted by atomic mass is 16.5. The summed E-state index contributed by atoms with van der Waals surface area (Å²) in [6, 6.07) is 0. The van der Waals surface area contributed by atoms with Gasteiger partial charge in [-0.05, 0) is 45.6 Å². The van der Waals surface area contributed by atoms with Crippen LogP contribution < -0.4 is 0 Å². The predicted molar refractivity (Wildman–Crippen MR) is 70.4 cm³/mol. The van der Waals surface area contributed by atoms with Gasteiger partial charge in [-0.3, -0.25) is 0 Å². The topological polar surface area (TPSA) is 9.23 Å². The highest BCUT2D eigenvalue weighted by Gasteiger charge is 2.21. The van der Waals surface area contributed by atoms with Gasteiger partial charge in [0.25, 0.3) is 0 Å². The molecule has 0 aromatic carbocycles. The van der Waals surface area contributed by atoms with Crippen molar-refractivity contribution >= 4 is 0 Å². The van der Waals surface area contributed by atoms with Crippen LogP contribution in [-0.2, 0) is 4.74 Å². The van der Waals surface area contributed by atoms with Crippen molar-refractivity contribution in [3.8, 4) is 0 Å². The van der Waals surface area contributed by atoms with E-state index in [4.69, 9.17) is 4.74 Å². The van der Waals surface area contributed by atoms with Crippen LogP contribution in [0.2, 0.25) is 0 Å². The molecule has 0 amide bonds. The summed E-state index contributed by atoms with van der Waals surface area (Å²) in [5, 5.41) is 0. The molecule has 0 radical (unpaired) electrons. The Morgan fingerprint density at radius 3 is 2.62 bits per heavy atom. The molecule has 1 aliphatic rings. The number of hydrogen-bond acceptors (Lipinski definition) is 1. The standard InChI is InChI=1S/C15H28O/c1-5-6-7-8-9-13-10-11-14(12-13)16-15(2,3)4/h11,13H,5-10,12H2,1-4H3. The maximum Gasteiger partial charge on any atom is 0.100 e. The molecule has 1 heteroatoms. The summed E-state index contributed by atoms with van der Waals surface area (Å²) in [6.45, 7) is 8.65. The van der Waals surface area contributed by atoms with Crippen LogP contribution in [0, 0.1) is 5.92 Å². The van der Waals surface area contributed by atoms with Crippen molar-refractivity contribution in [2.45, 2.75) is 78.2 Å². The molecule has 1 atom stereocenters. The van der Waals surface area contributed by atoms with Crippen LogP contribution >= 0.6 is 0 Å². The number of unbranched alkanes of at least 4 members (excludes halogenated alkanes) is 3. The summed E-state index contributed by atoms with van der Waals surface area (Å²) in [4.78, 5) is 0. The van der Waals surface area contributed by atoms with Crippen LogP contribution in [0.4, 0.5) is 0 Å². The SMILES string of the molecule is CCCCCCC1CC=C(OC(C)(C)C)C1. The lowest BCUT2D eigenvalue weighted by atomic mass is 9.98. The quantitative estimate of drug-likeness (QED) is 0.573. The van der Waals surface area contributed by atoms with Gasteiger partial charge in [0.15, 0.2) is 0 Å². The third kappa shape index (κ3) is 5.58. The summed E-state index contributed by atoms with van der Waals surface area (Å²) < 4.78 is 5.92. The Balaban J connectivity index is 2.13. The Bertz CT molecular complexity index is 222. The molecule has 94 valence electrons. The third-order valence-corrected chi connectivity index (χ3v) is 3.07. The van der Waals surface area contributed by atoms with Crippen molar-refractivity contribution < 1.29 is 4.74 Å². The van der Waals surface area contributed by atoms with E-state index in [9.17, 15) is 0 Å². The van der Waals surface area contributed by atoms with Gasteiger partial charge in [0.05, 0.1) is 5.76 Å². The number of hydrogen-bond donors (Lipinski definition) is 0. The lowest BCUT2D eigenvalue weighted by Crippen LogP contribution is -2.18. The minimum Gasteiger partial charge on any atom is -0.493 e. The van der Waals surface area contributed by atoms with Crippen molar-refractivity contribution in [3.63, 3.8) is 0 Å². The van der Waals surface area contributed by atoms with E-state index in [1.807, 2.05) is 0 Å². The van der Waals surface area contributed by atoms with Crippen LogP contribution in [0.3, 0.4) is 0 Å². The van der Waals surface area contributed by atoms with E-state index in [1.165, 1.54) is 50.7 Å². The Kier molecular flexibility index (Phi) is 5.37. The Labute approximate surface area is 101 Å². The molecule has 0 aromatic rings. The molecule has 0 fully saturated rings. The smallest absolute Gasteiger partial charge is 0.100 e. The fraction of sp³-hybridized carbons (Fsp3) is 0.867. The Morgan fingerprint density at radius 1 is 1.25 bits per heavy atom. The second-order valence-electron chi connectivity index (χ2n) is 6.04. The van der Waals surface area contributed by atoms with E-state index in [0.717, 1.165) is 5.92 Å². The summed E-state index contributed by atoms with van der Waals surface area (Å²) in [7, 11) is 0. The largest absolute Gasteiger partial charge is 0.493 e. The van der Waals surface area contributed by atoms with Crippen LogP contribution in [0.25, 0.3) is 0 Å². The normalized spacial score (nSPS) is 21.0. The lowest BCUT2D eigenvalue weighted by molar-refractivity contribution is 0.0467. The molecule has 0 aliphatic heterocycles. The molecular formula is C15H28O. The van der Waals surface area contributed by atoms with Gasteiger partial charge >= 0.3 is 0 Å². The van der Waals surface area contributed by atoms with Crippen LogP contribution in [0.1, 0.15) is 72.6 Å². The van der Waals surface area contributed by atoms with Gasteiger partial charge in [0.1, 0.15) is 5.60 Å². The molecule has 0 heterocycles. The van der Waals surface area contributed by atoms with Crippen LogP contribution in [0.5, 0.6) is 0 Å². The van der Waals surface area contributed by atoms with Crippen molar-refractivity contribution in [1.82, 2.24) is 0 Å². The first kappa shape index (κ1) is 13.6. The van der Waals surface area contributed by atoms with E-state index in [-0.39, 0.29) is 5.60 Å². The van der Waals surface area contributed by atoms with Crippen molar-refractivity contribution in [2.75, 3.05) is 0 Å². The van der Waals surface area contributed by atoms with Gasteiger partial charge in [-0.15, -0.1) is 0 Å². The highest BCUT2D eigenvalue weighted by molar-refractivity contribution is 5.04. The van der Waals surface area contributed by atoms with Gasteiger partial charge in [-0.2, -0.15) is 0 Å². The highest BCUT2D eigenvalue weighted by Crippen LogP contribution is 2.32. The molecule has 0 aromatic heterocycles. The monoisotopic (exact) mass is 224 g/mol. The fourth-order valence-electron chi connectivity index (χ4n) is 2.31. The zero-order valence-electron chi connectivity index (χ0n) is 11.5. The Morgan fingerprint density at radius 2 is 2.00 bits per heavy atom. The molecule has 0 saturated heterocycles. The summed E-state index contributed by atoms with van der Waals surface area (Å²) in [6.07, 6.45) is 11.6. The zero-order valence-corrected chi connectivity index (χ0v) is 11.5. The van der Waals surface area contributed by atoms with E-state index < -0.39 is 0 Å². The second kappa shape index (κ2) is 6.32. The fourth-order valence-corrected chi connectivity index (χ4v) is 2.31. The molecule has 1 unspecified atom stereocenters. The van der Waals surface area contributed by atoms with Gasteiger partial charge in [-0.1, -0.05) is 32.6 Å². The van der Waals surface area contributed by atoms with Crippen molar-refractivity contribution in [3.05, 3.63) is 11.8 Å². The van der Waals surface area contributed by atoms with Gasteiger partial charge < -0.3 is 4.74 Å². The summed E-state index contributed by atoms with van der Waals surface area (Å²) >= 11 is 0. The molecule has 0 N–H and O–H groups in total. The lowest BCUT2D eigenvalue weighted by Gasteiger charge is -2.22. The molecule has 16 heavy (non-hydrogen) atoms. The van der Waals surface area contributed by atoms with Gasteiger partial charge in [0.2, 0.25) is 0 Å². The molecule has 1 aliphatic carbocycles. The van der Waals surface area contributed by atoms with Crippen LogP contribution in [0.15, 0.2) is 11.8 Å². The third-order valence-electron chi connectivity index (χ3n) is 3.07.